The van der Waals surface area contributed by atoms with Crippen molar-refractivity contribution in [3.8, 4) is 0 Å². The molecule has 14 heavy (non-hydrogen) atoms. The first-order chi connectivity index (χ1) is 6.59. The molecule has 0 spiro atoms. The van der Waals surface area contributed by atoms with Gasteiger partial charge in [-0.1, -0.05) is 11.6 Å². The molecule has 1 aliphatic heterocycles. The minimum absolute atomic E-state index is 0.240. The van der Waals surface area contributed by atoms with Crippen LogP contribution in [-0.2, 0) is 9.59 Å². The third-order valence-electron chi connectivity index (χ3n) is 2.12. The van der Waals surface area contributed by atoms with E-state index in [1.807, 2.05) is 13.0 Å². The minimum Gasteiger partial charge on any atom is -0.478 e. The lowest BCUT2D eigenvalue weighted by atomic mass is 10.1. The molecule has 0 aromatic heterocycles. The fourth-order valence-electron chi connectivity index (χ4n) is 1.22. The fraction of sp³-hybridized carbons (Fsp3) is 0.400. The number of hydrogen-bond donors (Lipinski definition) is 1. The van der Waals surface area contributed by atoms with Crippen LogP contribution in [0.5, 0.6) is 0 Å². The van der Waals surface area contributed by atoms with Gasteiger partial charge in [-0.25, -0.2) is 4.79 Å². The molecule has 1 heterocycles. The molecule has 1 rings (SSSR count). The molecule has 0 saturated heterocycles. The van der Waals surface area contributed by atoms with Crippen LogP contribution in [0.2, 0.25) is 0 Å². The molecule has 0 aliphatic carbocycles. The summed E-state index contributed by atoms with van der Waals surface area (Å²) in [5.41, 5.74) is 1.27. The van der Waals surface area contributed by atoms with E-state index >= 15 is 0 Å². The molecule has 0 radical (unpaired) electrons. The van der Waals surface area contributed by atoms with Crippen LogP contribution in [0.1, 0.15) is 13.3 Å². The van der Waals surface area contributed by atoms with Gasteiger partial charge in [0.25, 0.3) is 0 Å². The molecule has 0 aromatic rings. The lowest BCUT2D eigenvalue weighted by Gasteiger charge is -2.23. The number of aliphatic carboxylic acids is 1. The third kappa shape index (κ3) is 3.05. The Balaban J connectivity index is 2.51. The largest absolute Gasteiger partial charge is 0.478 e. The summed E-state index contributed by atoms with van der Waals surface area (Å²) in [6.45, 7) is 3.27. The Labute approximate surface area is 82.5 Å². The van der Waals surface area contributed by atoms with Crippen LogP contribution in [0.25, 0.3) is 0 Å². The lowest BCUT2D eigenvalue weighted by Crippen LogP contribution is -2.33. The molecule has 4 heteroatoms. The number of carboxylic acid groups (broad SMARTS) is 1. The lowest BCUT2D eigenvalue weighted by molar-refractivity contribution is -0.132. The Bertz CT molecular complexity index is 304. The fourth-order valence-corrected chi connectivity index (χ4v) is 1.22. The quantitative estimate of drug-likeness (QED) is 0.524. The van der Waals surface area contributed by atoms with Crippen molar-refractivity contribution in [2.75, 3.05) is 13.1 Å². The van der Waals surface area contributed by atoms with Gasteiger partial charge >= 0.3 is 5.97 Å². The second-order valence-corrected chi connectivity index (χ2v) is 3.26. The van der Waals surface area contributed by atoms with E-state index in [1.54, 1.807) is 4.90 Å². The van der Waals surface area contributed by atoms with Gasteiger partial charge in [-0.15, -0.1) is 0 Å². The Hall–Kier alpha value is -1.58. The smallest absolute Gasteiger partial charge is 0.328 e. The van der Waals surface area contributed by atoms with Crippen molar-refractivity contribution in [1.29, 1.82) is 0 Å². The molecule has 0 bridgehead atoms. The van der Waals surface area contributed by atoms with Crippen molar-refractivity contribution in [3.05, 3.63) is 23.8 Å². The molecule has 1 aliphatic rings. The summed E-state index contributed by atoms with van der Waals surface area (Å²) < 4.78 is 0. The summed E-state index contributed by atoms with van der Waals surface area (Å²) in [6.07, 6.45) is 4.81. The van der Waals surface area contributed by atoms with Crippen molar-refractivity contribution >= 4 is 11.9 Å². The van der Waals surface area contributed by atoms with Gasteiger partial charge in [0, 0.05) is 25.2 Å². The van der Waals surface area contributed by atoms with Crippen molar-refractivity contribution < 1.29 is 14.7 Å². The summed E-state index contributed by atoms with van der Waals surface area (Å²) in [5.74, 6) is -1.33. The zero-order chi connectivity index (χ0) is 10.6. The number of carbonyl (C=O) groups is 2. The van der Waals surface area contributed by atoms with Crippen molar-refractivity contribution in [2.45, 2.75) is 13.3 Å². The highest BCUT2D eigenvalue weighted by atomic mass is 16.4. The number of carboxylic acids is 1. The molecular formula is C10H13NO3. The molecule has 1 amide bonds. The van der Waals surface area contributed by atoms with Gasteiger partial charge in [-0.3, -0.25) is 4.79 Å². The van der Waals surface area contributed by atoms with Crippen LogP contribution in [0.4, 0.5) is 0 Å². The molecule has 76 valence electrons. The van der Waals surface area contributed by atoms with Crippen molar-refractivity contribution in [3.63, 3.8) is 0 Å². The highest BCUT2D eigenvalue weighted by Crippen LogP contribution is 2.09. The highest BCUT2D eigenvalue weighted by Gasteiger charge is 2.12. The van der Waals surface area contributed by atoms with Crippen LogP contribution in [-0.4, -0.2) is 35.0 Å². The normalized spacial score (nSPS) is 16.9. The van der Waals surface area contributed by atoms with Gasteiger partial charge in [-0.2, -0.15) is 0 Å². The van der Waals surface area contributed by atoms with Gasteiger partial charge in [0.2, 0.25) is 5.91 Å². The molecule has 0 saturated carbocycles. The molecular weight excluding hydrogens is 182 g/mol. The topological polar surface area (TPSA) is 57.6 Å². The van der Waals surface area contributed by atoms with Crippen LogP contribution in [0.15, 0.2) is 23.8 Å². The first-order valence-corrected chi connectivity index (χ1v) is 4.45. The van der Waals surface area contributed by atoms with Crippen LogP contribution in [0.3, 0.4) is 0 Å². The Morgan fingerprint density at radius 1 is 1.50 bits per heavy atom. The zero-order valence-electron chi connectivity index (χ0n) is 8.06. The van der Waals surface area contributed by atoms with Crippen LogP contribution in [0, 0.1) is 0 Å². The van der Waals surface area contributed by atoms with E-state index in [9.17, 15) is 9.59 Å². The zero-order valence-corrected chi connectivity index (χ0v) is 8.06. The monoisotopic (exact) mass is 195 g/mol. The second-order valence-electron chi connectivity index (χ2n) is 3.26. The molecule has 0 unspecified atom stereocenters. The minimum atomic E-state index is -1.10. The van der Waals surface area contributed by atoms with Gasteiger partial charge in [-0.05, 0) is 13.3 Å². The number of nitrogens with zero attached hydrogens (tertiary/aromatic N) is 1. The first-order valence-electron chi connectivity index (χ1n) is 4.45. The number of rotatable bonds is 2. The van der Waals surface area contributed by atoms with Gasteiger partial charge in [0.05, 0.1) is 0 Å². The third-order valence-corrected chi connectivity index (χ3v) is 2.12. The molecule has 4 nitrogen and oxygen atoms in total. The molecule has 0 aromatic carbocycles. The summed E-state index contributed by atoms with van der Waals surface area (Å²) >= 11 is 0. The van der Waals surface area contributed by atoms with E-state index < -0.39 is 5.97 Å². The molecule has 0 atom stereocenters. The van der Waals surface area contributed by atoms with Crippen molar-refractivity contribution in [1.82, 2.24) is 4.90 Å². The summed E-state index contributed by atoms with van der Waals surface area (Å²) in [6, 6.07) is 0. The maximum Gasteiger partial charge on any atom is 0.328 e. The second kappa shape index (κ2) is 4.60. The number of carbonyl (C=O) groups excluding carboxylic acids is 1. The molecule has 0 fully saturated rings. The van der Waals surface area contributed by atoms with E-state index in [0.29, 0.717) is 13.1 Å². The Morgan fingerprint density at radius 3 is 2.71 bits per heavy atom. The maximum absolute atomic E-state index is 11.4. The Morgan fingerprint density at radius 2 is 2.21 bits per heavy atom. The Kier molecular flexibility index (Phi) is 3.45. The van der Waals surface area contributed by atoms with Gasteiger partial charge < -0.3 is 10.0 Å². The summed E-state index contributed by atoms with van der Waals surface area (Å²) in [7, 11) is 0. The van der Waals surface area contributed by atoms with E-state index in [0.717, 1.165) is 18.6 Å². The van der Waals surface area contributed by atoms with E-state index in [2.05, 4.69) is 0 Å². The van der Waals surface area contributed by atoms with Crippen LogP contribution < -0.4 is 0 Å². The first kappa shape index (κ1) is 10.5. The van der Waals surface area contributed by atoms with Gasteiger partial charge in [0.1, 0.15) is 0 Å². The van der Waals surface area contributed by atoms with Crippen LogP contribution >= 0.6 is 0 Å². The number of amides is 1. The average Bonchev–Trinajstić information content (AvgIpc) is 2.15. The van der Waals surface area contributed by atoms with E-state index in [1.165, 1.54) is 5.57 Å². The molecule has 1 N–H and O–H groups in total. The maximum atomic E-state index is 11.4. The van der Waals surface area contributed by atoms with Gasteiger partial charge in [0.15, 0.2) is 0 Å². The SMILES string of the molecule is CC1=CCN(C(=O)/C=C\C(=O)O)CC1. The predicted molar refractivity (Wildman–Crippen MR) is 51.7 cm³/mol. The van der Waals surface area contributed by atoms with E-state index in [4.69, 9.17) is 5.11 Å². The van der Waals surface area contributed by atoms with Crippen molar-refractivity contribution in [2.24, 2.45) is 0 Å². The average molecular weight is 195 g/mol. The summed E-state index contributed by atoms with van der Waals surface area (Å²) in [5, 5.41) is 8.33. The van der Waals surface area contributed by atoms with E-state index in [-0.39, 0.29) is 5.91 Å². The standard InChI is InChI=1S/C10H13NO3/c1-8-4-6-11(7-5-8)9(12)2-3-10(13)14/h2-4H,5-7H2,1H3,(H,13,14)/b3-2-. The highest BCUT2D eigenvalue weighted by molar-refractivity contribution is 5.94. The number of hydrogen-bond acceptors (Lipinski definition) is 2. The summed E-state index contributed by atoms with van der Waals surface area (Å²) in [4.78, 5) is 23.1. The predicted octanol–water partition coefficient (Wildman–Crippen LogP) is 0.806.